The second-order valence-corrected chi connectivity index (χ2v) is 9.04. The number of rotatable bonds is 10. The first-order chi connectivity index (χ1) is 14.2. The molecule has 8 heteroatoms. The fraction of sp³-hybridized carbons (Fsp3) is 0.318. The van der Waals surface area contributed by atoms with Gasteiger partial charge < -0.3 is 14.8 Å². The molecule has 1 amide bonds. The smallest absolute Gasteiger partial charge is 0.255 e. The Labute approximate surface area is 178 Å². The van der Waals surface area contributed by atoms with Crippen LogP contribution in [0.25, 0.3) is 0 Å². The minimum Gasteiger partial charge on any atom is -0.496 e. The molecule has 30 heavy (non-hydrogen) atoms. The van der Waals surface area contributed by atoms with E-state index >= 15 is 0 Å². The molecule has 0 aliphatic heterocycles. The lowest BCUT2D eigenvalue weighted by molar-refractivity contribution is 0.0940. The van der Waals surface area contributed by atoms with Crippen LogP contribution in [0.5, 0.6) is 11.5 Å². The number of nitrogens with zero attached hydrogens (tertiary/aromatic N) is 1. The summed E-state index contributed by atoms with van der Waals surface area (Å²) in [6.45, 7) is 7.77. The average Bonchev–Trinajstić information content (AvgIpc) is 2.71. The van der Waals surface area contributed by atoms with Gasteiger partial charge in [-0.1, -0.05) is 24.8 Å². The second-order valence-electron chi connectivity index (χ2n) is 7.00. The summed E-state index contributed by atoms with van der Waals surface area (Å²) in [6.07, 6.45) is 1.64. The first-order valence-corrected chi connectivity index (χ1v) is 10.9. The Balaban J connectivity index is 2.29. The maximum absolute atomic E-state index is 13.1. The summed E-state index contributed by atoms with van der Waals surface area (Å²) in [7, 11) is -0.911. The van der Waals surface area contributed by atoms with Gasteiger partial charge in [-0.05, 0) is 49.7 Å². The molecule has 0 saturated carbocycles. The number of hydrogen-bond acceptors (Lipinski definition) is 5. The van der Waals surface area contributed by atoms with E-state index in [1.54, 1.807) is 24.3 Å². The summed E-state index contributed by atoms with van der Waals surface area (Å²) in [5.74, 6) is 0.547. The van der Waals surface area contributed by atoms with E-state index < -0.39 is 15.9 Å². The topological polar surface area (TPSA) is 84.9 Å². The highest BCUT2D eigenvalue weighted by Gasteiger charge is 2.24. The van der Waals surface area contributed by atoms with Gasteiger partial charge in [0.05, 0.1) is 17.6 Å². The highest BCUT2D eigenvalue weighted by molar-refractivity contribution is 7.89. The van der Waals surface area contributed by atoms with E-state index in [1.807, 2.05) is 19.9 Å². The summed E-state index contributed by atoms with van der Waals surface area (Å²) in [5.41, 5.74) is 0.939. The maximum atomic E-state index is 13.1. The zero-order valence-corrected chi connectivity index (χ0v) is 18.5. The maximum Gasteiger partial charge on any atom is 0.255 e. The largest absolute Gasteiger partial charge is 0.496 e. The van der Waals surface area contributed by atoms with Gasteiger partial charge in [-0.25, -0.2) is 8.42 Å². The Morgan fingerprint density at radius 2 is 1.97 bits per heavy atom. The Bertz CT molecular complexity index is 1000. The number of benzene rings is 2. The molecule has 162 valence electrons. The van der Waals surface area contributed by atoms with E-state index in [0.717, 1.165) is 5.56 Å². The number of nitrogens with one attached hydrogen (secondary N) is 1. The van der Waals surface area contributed by atoms with Crippen LogP contribution < -0.4 is 14.8 Å². The predicted molar refractivity (Wildman–Crippen MR) is 116 cm³/mol. The van der Waals surface area contributed by atoms with Gasteiger partial charge in [0.15, 0.2) is 0 Å². The molecule has 2 aromatic rings. The normalized spacial score (nSPS) is 11.4. The predicted octanol–water partition coefficient (Wildman–Crippen LogP) is 3.22. The molecule has 0 unspecified atom stereocenters. The van der Waals surface area contributed by atoms with Gasteiger partial charge in [0.25, 0.3) is 5.91 Å². The third-order valence-electron chi connectivity index (χ3n) is 4.22. The molecule has 0 spiro atoms. The molecular weight excluding hydrogens is 404 g/mol. The Hall–Kier alpha value is -2.84. The van der Waals surface area contributed by atoms with Crippen LogP contribution in [0, 0.1) is 0 Å². The van der Waals surface area contributed by atoms with Crippen LogP contribution in [0.1, 0.15) is 29.8 Å². The number of amides is 1. The van der Waals surface area contributed by atoms with Crippen LogP contribution in [0.2, 0.25) is 0 Å². The molecule has 0 radical (unpaired) electrons. The second kappa shape index (κ2) is 10.3. The Kier molecular flexibility index (Phi) is 8.02. The zero-order valence-electron chi connectivity index (χ0n) is 17.7. The van der Waals surface area contributed by atoms with E-state index in [2.05, 4.69) is 11.9 Å². The number of sulfonamides is 1. The van der Waals surface area contributed by atoms with Gasteiger partial charge >= 0.3 is 0 Å². The first kappa shape index (κ1) is 23.4. The lowest BCUT2D eigenvalue weighted by Gasteiger charge is -2.19. The standard InChI is InChI=1S/C22H28N2O5S/c1-6-12-29-18-9-7-8-17(13-18)15-24(4)30(26,27)19-10-11-21(28-5)20(14-19)22(25)23-16(2)3/h6-11,13-14,16H,1,12,15H2,2-5H3,(H,23,25). The fourth-order valence-electron chi connectivity index (χ4n) is 2.78. The van der Waals surface area contributed by atoms with Crippen LogP contribution in [-0.4, -0.2) is 45.4 Å². The van der Waals surface area contributed by atoms with Crippen molar-refractivity contribution in [3.05, 3.63) is 66.2 Å². The van der Waals surface area contributed by atoms with Crippen LogP contribution in [0.4, 0.5) is 0 Å². The highest BCUT2D eigenvalue weighted by Crippen LogP contribution is 2.25. The van der Waals surface area contributed by atoms with Crippen LogP contribution in [0.15, 0.2) is 60.0 Å². The van der Waals surface area contributed by atoms with Crippen molar-refractivity contribution in [2.24, 2.45) is 0 Å². The van der Waals surface area contributed by atoms with Crippen LogP contribution >= 0.6 is 0 Å². The molecule has 2 rings (SSSR count). The third-order valence-corrected chi connectivity index (χ3v) is 6.01. The van der Waals surface area contributed by atoms with E-state index in [4.69, 9.17) is 9.47 Å². The van der Waals surface area contributed by atoms with Crippen molar-refractivity contribution in [3.63, 3.8) is 0 Å². The molecule has 0 saturated heterocycles. The molecule has 1 N–H and O–H groups in total. The van der Waals surface area contributed by atoms with Crippen molar-refractivity contribution in [1.82, 2.24) is 9.62 Å². The average molecular weight is 433 g/mol. The number of carbonyl (C=O) groups is 1. The first-order valence-electron chi connectivity index (χ1n) is 9.47. The Morgan fingerprint density at radius 1 is 1.23 bits per heavy atom. The molecular formula is C22H28N2O5S. The van der Waals surface area contributed by atoms with Crippen molar-refractivity contribution >= 4 is 15.9 Å². The Morgan fingerprint density at radius 3 is 2.60 bits per heavy atom. The number of methoxy groups -OCH3 is 1. The molecule has 2 aromatic carbocycles. The van der Waals surface area contributed by atoms with Gasteiger partial charge in [-0.2, -0.15) is 4.31 Å². The molecule has 0 aliphatic carbocycles. The summed E-state index contributed by atoms with van der Waals surface area (Å²) in [4.78, 5) is 12.5. The summed E-state index contributed by atoms with van der Waals surface area (Å²) < 4.78 is 38.2. The van der Waals surface area contributed by atoms with E-state index in [1.165, 1.54) is 36.7 Å². The van der Waals surface area contributed by atoms with Crippen molar-refractivity contribution in [1.29, 1.82) is 0 Å². The van der Waals surface area contributed by atoms with E-state index in [0.29, 0.717) is 18.1 Å². The summed E-state index contributed by atoms with van der Waals surface area (Å²) >= 11 is 0. The lowest BCUT2D eigenvalue weighted by atomic mass is 10.2. The summed E-state index contributed by atoms with van der Waals surface area (Å²) in [5, 5.41) is 2.76. The highest BCUT2D eigenvalue weighted by atomic mass is 32.2. The van der Waals surface area contributed by atoms with Gasteiger partial charge in [-0.15, -0.1) is 0 Å². The minimum atomic E-state index is -3.84. The number of hydrogen-bond donors (Lipinski definition) is 1. The van der Waals surface area contributed by atoms with Crippen LogP contribution in [0.3, 0.4) is 0 Å². The SMILES string of the molecule is C=CCOc1cccc(CN(C)S(=O)(=O)c2ccc(OC)c(C(=O)NC(C)C)c2)c1. The van der Waals surface area contributed by atoms with Crippen molar-refractivity contribution < 1.29 is 22.7 Å². The van der Waals surface area contributed by atoms with Crippen molar-refractivity contribution in [2.75, 3.05) is 20.8 Å². The van der Waals surface area contributed by atoms with Crippen molar-refractivity contribution in [3.8, 4) is 11.5 Å². The molecule has 7 nitrogen and oxygen atoms in total. The molecule has 0 aromatic heterocycles. The monoisotopic (exact) mass is 432 g/mol. The van der Waals surface area contributed by atoms with E-state index in [9.17, 15) is 13.2 Å². The van der Waals surface area contributed by atoms with Gasteiger partial charge in [0.1, 0.15) is 18.1 Å². The van der Waals surface area contributed by atoms with Gasteiger partial charge in [-0.3, -0.25) is 4.79 Å². The molecule has 0 heterocycles. The van der Waals surface area contributed by atoms with Crippen molar-refractivity contribution in [2.45, 2.75) is 31.3 Å². The molecule has 0 atom stereocenters. The van der Waals surface area contributed by atoms with Gasteiger partial charge in [0.2, 0.25) is 10.0 Å². The minimum absolute atomic E-state index is 0.0127. The molecule has 0 fully saturated rings. The lowest BCUT2D eigenvalue weighted by Crippen LogP contribution is -2.31. The number of ether oxygens (including phenoxy) is 2. The quantitative estimate of drug-likeness (QED) is 0.583. The molecule has 0 aliphatic rings. The third kappa shape index (κ3) is 5.84. The number of carbonyl (C=O) groups excluding carboxylic acids is 1. The molecule has 0 bridgehead atoms. The van der Waals surface area contributed by atoms with E-state index in [-0.39, 0.29) is 23.0 Å². The summed E-state index contributed by atoms with van der Waals surface area (Å²) in [6, 6.07) is 11.4. The zero-order chi connectivity index (χ0) is 22.3. The van der Waals surface area contributed by atoms with Gasteiger partial charge in [0, 0.05) is 19.6 Å². The fourth-order valence-corrected chi connectivity index (χ4v) is 3.96. The van der Waals surface area contributed by atoms with Crippen LogP contribution in [-0.2, 0) is 16.6 Å².